The maximum absolute atomic E-state index is 12.8. The molecule has 27 heavy (non-hydrogen) atoms. The lowest BCUT2D eigenvalue weighted by Gasteiger charge is -2.20. The SMILES string of the molecule is Cc1nc(CNC(=O)OC(C)(C)C)ccc1C(=O)N1CC[C@@H](CC(C)C)C1. The van der Waals surface area contributed by atoms with Gasteiger partial charge in [0.2, 0.25) is 0 Å². The minimum absolute atomic E-state index is 0.0536. The van der Waals surface area contributed by atoms with E-state index in [1.54, 1.807) is 6.07 Å². The maximum Gasteiger partial charge on any atom is 0.407 e. The predicted molar refractivity (Wildman–Crippen MR) is 106 cm³/mol. The number of rotatable bonds is 5. The molecule has 6 nitrogen and oxygen atoms in total. The average molecular weight is 376 g/mol. The van der Waals surface area contributed by atoms with Crippen molar-refractivity contribution in [2.45, 2.75) is 66.5 Å². The highest BCUT2D eigenvalue weighted by molar-refractivity contribution is 5.95. The zero-order valence-corrected chi connectivity index (χ0v) is 17.5. The molecule has 1 saturated heterocycles. The predicted octanol–water partition coefficient (Wildman–Crippen LogP) is 3.92. The molecule has 1 fully saturated rings. The Morgan fingerprint density at radius 2 is 2.04 bits per heavy atom. The van der Waals surface area contributed by atoms with Crippen molar-refractivity contribution in [1.82, 2.24) is 15.2 Å². The van der Waals surface area contributed by atoms with E-state index in [-0.39, 0.29) is 12.5 Å². The zero-order valence-electron chi connectivity index (χ0n) is 17.5. The number of hydrogen-bond donors (Lipinski definition) is 1. The van der Waals surface area contributed by atoms with Gasteiger partial charge in [-0.1, -0.05) is 13.8 Å². The lowest BCUT2D eigenvalue weighted by atomic mass is 9.97. The zero-order chi connectivity index (χ0) is 20.2. The van der Waals surface area contributed by atoms with Gasteiger partial charge in [-0.05, 0) is 64.5 Å². The third kappa shape index (κ3) is 6.52. The quantitative estimate of drug-likeness (QED) is 0.847. The molecule has 1 aromatic heterocycles. The van der Waals surface area contributed by atoms with Crippen LogP contribution in [0.25, 0.3) is 0 Å². The molecule has 0 unspecified atom stereocenters. The molecule has 1 N–H and O–H groups in total. The van der Waals surface area contributed by atoms with Gasteiger partial charge in [0.15, 0.2) is 0 Å². The molecule has 150 valence electrons. The molecule has 6 heteroatoms. The molecule has 1 atom stereocenters. The van der Waals surface area contributed by atoms with E-state index in [2.05, 4.69) is 24.1 Å². The molecule has 0 bridgehead atoms. The third-order valence-electron chi connectivity index (χ3n) is 4.56. The molecule has 0 spiro atoms. The van der Waals surface area contributed by atoms with Crippen LogP contribution < -0.4 is 5.32 Å². The van der Waals surface area contributed by atoms with Crippen molar-refractivity contribution in [3.63, 3.8) is 0 Å². The minimum Gasteiger partial charge on any atom is -0.444 e. The lowest BCUT2D eigenvalue weighted by Crippen LogP contribution is -2.32. The van der Waals surface area contributed by atoms with Gasteiger partial charge in [-0.25, -0.2) is 4.79 Å². The fourth-order valence-electron chi connectivity index (χ4n) is 3.46. The molecule has 1 aromatic rings. The number of carbonyl (C=O) groups is 2. The Morgan fingerprint density at radius 3 is 2.63 bits per heavy atom. The molecular weight excluding hydrogens is 342 g/mol. The highest BCUT2D eigenvalue weighted by Crippen LogP contribution is 2.25. The van der Waals surface area contributed by atoms with E-state index in [4.69, 9.17) is 4.74 Å². The van der Waals surface area contributed by atoms with Crippen LogP contribution in [0.5, 0.6) is 0 Å². The smallest absolute Gasteiger partial charge is 0.407 e. The van der Waals surface area contributed by atoms with Crippen LogP contribution in [-0.2, 0) is 11.3 Å². The number of ether oxygens (including phenoxy) is 1. The van der Waals surface area contributed by atoms with Crippen molar-refractivity contribution in [3.05, 3.63) is 29.1 Å². The Labute approximate surface area is 162 Å². The summed E-state index contributed by atoms with van der Waals surface area (Å²) in [5.74, 6) is 1.31. The van der Waals surface area contributed by atoms with Gasteiger partial charge >= 0.3 is 6.09 Å². The summed E-state index contributed by atoms with van der Waals surface area (Å²) in [5, 5.41) is 2.69. The van der Waals surface area contributed by atoms with Crippen LogP contribution in [0.1, 0.15) is 69.2 Å². The van der Waals surface area contributed by atoms with E-state index in [1.807, 2.05) is 38.7 Å². The van der Waals surface area contributed by atoms with Crippen molar-refractivity contribution < 1.29 is 14.3 Å². The number of aromatic nitrogens is 1. The Bertz CT molecular complexity index is 680. The molecular formula is C21H33N3O3. The van der Waals surface area contributed by atoms with Crippen LogP contribution in [0.2, 0.25) is 0 Å². The largest absolute Gasteiger partial charge is 0.444 e. The molecule has 0 saturated carbocycles. The van der Waals surface area contributed by atoms with E-state index in [9.17, 15) is 9.59 Å². The topological polar surface area (TPSA) is 71.5 Å². The van der Waals surface area contributed by atoms with Crippen molar-refractivity contribution in [1.29, 1.82) is 0 Å². The van der Waals surface area contributed by atoms with Gasteiger partial charge in [-0.2, -0.15) is 0 Å². The van der Waals surface area contributed by atoms with Gasteiger partial charge in [0.25, 0.3) is 5.91 Å². The average Bonchev–Trinajstić information content (AvgIpc) is 2.98. The summed E-state index contributed by atoms with van der Waals surface area (Å²) in [6, 6.07) is 3.60. The molecule has 1 aliphatic heterocycles. The van der Waals surface area contributed by atoms with Crippen molar-refractivity contribution in [3.8, 4) is 0 Å². The first-order chi connectivity index (χ1) is 12.5. The van der Waals surface area contributed by atoms with E-state index >= 15 is 0 Å². The minimum atomic E-state index is -0.535. The van der Waals surface area contributed by atoms with Gasteiger partial charge in [-0.3, -0.25) is 9.78 Å². The first-order valence-corrected chi connectivity index (χ1v) is 9.78. The first kappa shape index (κ1) is 21.2. The number of carbonyl (C=O) groups excluding carboxylic acids is 2. The molecule has 2 amide bonds. The van der Waals surface area contributed by atoms with E-state index in [0.29, 0.717) is 28.8 Å². The third-order valence-corrected chi connectivity index (χ3v) is 4.56. The Hall–Kier alpha value is -2.11. The summed E-state index contributed by atoms with van der Waals surface area (Å²) in [5.41, 5.74) is 1.50. The van der Waals surface area contributed by atoms with E-state index in [1.165, 1.54) is 0 Å². The molecule has 0 radical (unpaired) electrons. The number of likely N-dealkylation sites (tertiary alicyclic amines) is 1. The van der Waals surface area contributed by atoms with Gasteiger partial charge in [-0.15, -0.1) is 0 Å². The number of hydrogen-bond acceptors (Lipinski definition) is 4. The van der Waals surface area contributed by atoms with Crippen LogP contribution in [0, 0.1) is 18.8 Å². The van der Waals surface area contributed by atoms with Gasteiger partial charge in [0.1, 0.15) is 5.60 Å². The fourth-order valence-corrected chi connectivity index (χ4v) is 3.46. The van der Waals surface area contributed by atoms with Crippen molar-refractivity contribution in [2.24, 2.45) is 11.8 Å². The summed E-state index contributed by atoms with van der Waals surface area (Å²) in [6.07, 6.45) is 1.76. The maximum atomic E-state index is 12.8. The number of nitrogens with zero attached hydrogens (tertiary/aromatic N) is 2. The second kappa shape index (κ2) is 8.72. The van der Waals surface area contributed by atoms with Crippen LogP contribution in [0.3, 0.4) is 0 Å². The van der Waals surface area contributed by atoms with Crippen molar-refractivity contribution in [2.75, 3.05) is 13.1 Å². The van der Waals surface area contributed by atoms with E-state index in [0.717, 1.165) is 25.9 Å². The monoisotopic (exact) mass is 375 g/mol. The van der Waals surface area contributed by atoms with Gasteiger partial charge in [0, 0.05) is 13.1 Å². The van der Waals surface area contributed by atoms with E-state index < -0.39 is 11.7 Å². The summed E-state index contributed by atoms with van der Waals surface area (Å²) < 4.78 is 5.22. The highest BCUT2D eigenvalue weighted by atomic mass is 16.6. The Morgan fingerprint density at radius 1 is 1.33 bits per heavy atom. The number of amides is 2. The van der Waals surface area contributed by atoms with Crippen LogP contribution in [-0.4, -0.2) is 40.6 Å². The Kier molecular flexibility index (Phi) is 6.84. The standard InChI is InChI=1S/C21H33N3O3/c1-14(2)11-16-9-10-24(13-16)19(25)18-8-7-17(23-15(18)3)12-22-20(26)27-21(4,5)6/h7-8,14,16H,9-13H2,1-6H3,(H,22,26)/t16-/m0/s1. The van der Waals surface area contributed by atoms with Crippen LogP contribution in [0.15, 0.2) is 12.1 Å². The molecule has 2 heterocycles. The van der Waals surface area contributed by atoms with Crippen molar-refractivity contribution >= 4 is 12.0 Å². The molecule has 1 aliphatic rings. The second-order valence-corrected chi connectivity index (χ2v) is 8.83. The van der Waals surface area contributed by atoms with Gasteiger partial charge in [0.05, 0.1) is 23.5 Å². The number of pyridine rings is 1. The fraction of sp³-hybridized carbons (Fsp3) is 0.667. The number of aryl methyl sites for hydroxylation is 1. The summed E-state index contributed by atoms with van der Waals surface area (Å²) in [6.45, 7) is 13.7. The highest BCUT2D eigenvalue weighted by Gasteiger charge is 2.28. The lowest BCUT2D eigenvalue weighted by molar-refractivity contribution is 0.0522. The number of nitrogens with one attached hydrogen (secondary N) is 1. The normalized spacial score (nSPS) is 17.3. The molecule has 0 aliphatic carbocycles. The number of alkyl carbamates (subject to hydrolysis) is 1. The second-order valence-electron chi connectivity index (χ2n) is 8.83. The summed E-state index contributed by atoms with van der Waals surface area (Å²) in [4.78, 5) is 31.0. The van der Waals surface area contributed by atoms with Gasteiger partial charge < -0.3 is 15.0 Å². The molecule has 0 aromatic carbocycles. The first-order valence-electron chi connectivity index (χ1n) is 9.78. The molecule has 2 rings (SSSR count). The summed E-state index contributed by atoms with van der Waals surface area (Å²) >= 11 is 0. The summed E-state index contributed by atoms with van der Waals surface area (Å²) in [7, 11) is 0. The van der Waals surface area contributed by atoms with Crippen LogP contribution >= 0.6 is 0 Å². The van der Waals surface area contributed by atoms with Crippen LogP contribution in [0.4, 0.5) is 4.79 Å². The Balaban J connectivity index is 1.94.